The maximum Gasteiger partial charge on any atom is 0.191 e. The Labute approximate surface area is 171 Å². The van der Waals surface area contributed by atoms with Crippen molar-refractivity contribution in [2.45, 2.75) is 44.1 Å². The molecule has 0 aromatic heterocycles. The number of ether oxygens (including phenoxy) is 1. The third-order valence-electron chi connectivity index (χ3n) is 6.81. The number of guanidine groups is 1. The van der Waals surface area contributed by atoms with E-state index in [0.29, 0.717) is 0 Å². The SMILES string of the molecule is CN=C(NCCN1CCCN(C)CC1)NCC1(N2CCOCC2)CCCCC1. The van der Waals surface area contributed by atoms with E-state index in [1.54, 1.807) is 0 Å². The van der Waals surface area contributed by atoms with Crippen LogP contribution in [0.1, 0.15) is 38.5 Å². The number of rotatable bonds is 6. The van der Waals surface area contributed by atoms with E-state index in [-0.39, 0.29) is 5.54 Å². The fourth-order valence-electron chi connectivity index (χ4n) is 4.98. The number of hydrogen-bond donors (Lipinski definition) is 2. The molecule has 2 aliphatic heterocycles. The first-order valence-electron chi connectivity index (χ1n) is 11.4. The molecule has 0 unspecified atom stereocenters. The molecule has 0 aromatic carbocycles. The van der Waals surface area contributed by atoms with Gasteiger partial charge < -0.3 is 25.2 Å². The minimum absolute atomic E-state index is 0.273. The minimum atomic E-state index is 0.273. The number of likely N-dealkylation sites (N-methyl/N-ethyl adjacent to an activating group) is 1. The molecule has 28 heavy (non-hydrogen) atoms. The van der Waals surface area contributed by atoms with Gasteiger partial charge in [-0.15, -0.1) is 0 Å². The van der Waals surface area contributed by atoms with Crippen LogP contribution in [0.2, 0.25) is 0 Å². The molecular formula is C21H42N6O. The van der Waals surface area contributed by atoms with Crippen molar-refractivity contribution in [2.75, 3.05) is 86.2 Å². The summed E-state index contributed by atoms with van der Waals surface area (Å²) in [5.41, 5.74) is 0.273. The van der Waals surface area contributed by atoms with Crippen molar-refractivity contribution in [3.05, 3.63) is 0 Å². The molecule has 2 N–H and O–H groups in total. The lowest BCUT2D eigenvalue weighted by Crippen LogP contribution is -2.60. The van der Waals surface area contributed by atoms with Crippen LogP contribution in [0.5, 0.6) is 0 Å². The first-order valence-corrected chi connectivity index (χ1v) is 11.4. The van der Waals surface area contributed by atoms with Gasteiger partial charge in [-0.1, -0.05) is 19.3 Å². The van der Waals surface area contributed by atoms with Gasteiger partial charge in [-0.2, -0.15) is 0 Å². The molecule has 2 saturated heterocycles. The lowest BCUT2D eigenvalue weighted by Gasteiger charge is -2.48. The van der Waals surface area contributed by atoms with Gasteiger partial charge in [0.25, 0.3) is 0 Å². The molecule has 3 rings (SSSR count). The van der Waals surface area contributed by atoms with Gasteiger partial charge in [0.15, 0.2) is 5.96 Å². The van der Waals surface area contributed by atoms with Crippen molar-refractivity contribution in [2.24, 2.45) is 4.99 Å². The average molecular weight is 395 g/mol. The van der Waals surface area contributed by atoms with E-state index in [2.05, 4.69) is 37.4 Å². The summed E-state index contributed by atoms with van der Waals surface area (Å²) in [6.07, 6.45) is 7.91. The zero-order chi connectivity index (χ0) is 19.7. The van der Waals surface area contributed by atoms with Crippen LogP contribution in [-0.4, -0.2) is 112 Å². The Hall–Kier alpha value is -0.890. The minimum Gasteiger partial charge on any atom is -0.379 e. The molecule has 0 aromatic rings. The van der Waals surface area contributed by atoms with Crippen molar-refractivity contribution in [1.82, 2.24) is 25.3 Å². The van der Waals surface area contributed by atoms with Crippen LogP contribution in [0.3, 0.4) is 0 Å². The van der Waals surface area contributed by atoms with Gasteiger partial charge in [-0.05, 0) is 39.4 Å². The van der Waals surface area contributed by atoms with Crippen LogP contribution < -0.4 is 10.6 Å². The normalized spacial score (nSPS) is 26.0. The number of morpholine rings is 1. The van der Waals surface area contributed by atoms with Crippen molar-refractivity contribution in [3.63, 3.8) is 0 Å². The van der Waals surface area contributed by atoms with Crippen molar-refractivity contribution in [1.29, 1.82) is 0 Å². The third kappa shape index (κ3) is 6.31. The summed E-state index contributed by atoms with van der Waals surface area (Å²) in [6, 6.07) is 0. The second-order valence-corrected chi connectivity index (χ2v) is 8.74. The van der Waals surface area contributed by atoms with E-state index in [0.717, 1.165) is 51.9 Å². The van der Waals surface area contributed by atoms with E-state index in [4.69, 9.17) is 4.74 Å². The first kappa shape index (κ1) is 21.8. The standard InChI is InChI=1S/C21H42N6O/c1-22-20(23-9-12-26-11-6-10-25(2)13-14-26)24-19-21(7-4-3-5-8-21)27-15-17-28-18-16-27/h3-19H2,1-2H3,(H2,22,23,24). The molecule has 162 valence electrons. The summed E-state index contributed by atoms with van der Waals surface area (Å²) in [5, 5.41) is 7.21. The van der Waals surface area contributed by atoms with Gasteiger partial charge in [0, 0.05) is 58.4 Å². The second kappa shape index (κ2) is 11.3. The molecule has 0 spiro atoms. The Morgan fingerprint density at radius 3 is 2.46 bits per heavy atom. The fourth-order valence-corrected chi connectivity index (χ4v) is 4.98. The van der Waals surface area contributed by atoms with Crippen molar-refractivity contribution < 1.29 is 4.74 Å². The van der Waals surface area contributed by atoms with E-state index >= 15 is 0 Å². The highest BCUT2D eigenvalue weighted by Gasteiger charge is 2.38. The predicted octanol–water partition coefficient (Wildman–Crippen LogP) is 0.824. The molecule has 0 radical (unpaired) electrons. The zero-order valence-electron chi connectivity index (χ0n) is 18.2. The van der Waals surface area contributed by atoms with Gasteiger partial charge in [0.05, 0.1) is 13.2 Å². The molecule has 1 saturated carbocycles. The maximum atomic E-state index is 5.60. The smallest absolute Gasteiger partial charge is 0.191 e. The molecule has 0 amide bonds. The summed E-state index contributed by atoms with van der Waals surface area (Å²) in [6.45, 7) is 11.7. The zero-order valence-corrected chi connectivity index (χ0v) is 18.2. The van der Waals surface area contributed by atoms with Crippen LogP contribution >= 0.6 is 0 Å². The number of aliphatic imine (C=N–C) groups is 1. The number of nitrogens with zero attached hydrogens (tertiary/aromatic N) is 4. The molecule has 0 atom stereocenters. The van der Waals surface area contributed by atoms with E-state index in [1.807, 2.05) is 7.05 Å². The Kier molecular flexibility index (Phi) is 8.83. The Bertz CT molecular complexity index is 474. The lowest BCUT2D eigenvalue weighted by molar-refractivity contribution is -0.0352. The van der Waals surface area contributed by atoms with E-state index in [9.17, 15) is 0 Å². The topological polar surface area (TPSA) is 55.4 Å². The lowest BCUT2D eigenvalue weighted by atomic mass is 9.80. The van der Waals surface area contributed by atoms with Gasteiger partial charge in [0.2, 0.25) is 0 Å². The average Bonchev–Trinajstić information content (AvgIpc) is 2.96. The van der Waals surface area contributed by atoms with Gasteiger partial charge in [-0.3, -0.25) is 9.89 Å². The predicted molar refractivity (Wildman–Crippen MR) is 116 cm³/mol. The van der Waals surface area contributed by atoms with Gasteiger partial charge in [-0.25, -0.2) is 0 Å². The van der Waals surface area contributed by atoms with Crippen LogP contribution in [0.25, 0.3) is 0 Å². The fraction of sp³-hybridized carbons (Fsp3) is 0.952. The van der Waals surface area contributed by atoms with E-state index in [1.165, 1.54) is 64.7 Å². The van der Waals surface area contributed by atoms with Crippen molar-refractivity contribution >= 4 is 5.96 Å². The quantitative estimate of drug-likeness (QED) is 0.514. The first-order chi connectivity index (χ1) is 13.7. The van der Waals surface area contributed by atoms with Gasteiger partial charge in [0.1, 0.15) is 0 Å². The van der Waals surface area contributed by atoms with Crippen LogP contribution in [0.15, 0.2) is 4.99 Å². The van der Waals surface area contributed by atoms with Crippen LogP contribution in [-0.2, 0) is 4.74 Å². The Morgan fingerprint density at radius 2 is 1.71 bits per heavy atom. The summed E-state index contributed by atoms with van der Waals surface area (Å²) in [7, 11) is 4.11. The summed E-state index contributed by atoms with van der Waals surface area (Å²) < 4.78 is 5.60. The summed E-state index contributed by atoms with van der Waals surface area (Å²) >= 11 is 0. The van der Waals surface area contributed by atoms with Crippen molar-refractivity contribution in [3.8, 4) is 0 Å². The van der Waals surface area contributed by atoms with Crippen LogP contribution in [0.4, 0.5) is 0 Å². The number of hydrogen-bond acceptors (Lipinski definition) is 5. The highest BCUT2D eigenvalue weighted by atomic mass is 16.5. The monoisotopic (exact) mass is 394 g/mol. The molecular weight excluding hydrogens is 352 g/mol. The molecule has 3 fully saturated rings. The Morgan fingerprint density at radius 1 is 0.929 bits per heavy atom. The maximum absolute atomic E-state index is 5.60. The Balaban J connectivity index is 1.45. The molecule has 3 aliphatic rings. The highest BCUT2D eigenvalue weighted by molar-refractivity contribution is 5.79. The molecule has 1 aliphatic carbocycles. The summed E-state index contributed by atoms with van der Waals surface area (Å²) in [4.78, 5) is 12.2. The van der Waals surface area contributed by atoms with Crippen LogP contribution in [0, 0.1) is 0 Å². The third-order valence-corrected chi connectivity index (χ3v) is 6.81. The largest absolute Gasteiger partial charge is 0.379 e. The van der Waals surface area contributed by atoms with Gasteiger partial charge >= 0.3 is 0 Å². The molecule has 0 bridgehead atoms. The number of nitrogens with one attached hydrogen (secondary N) is 2. The highest BCUT2D eigenvalue weighted by Crippen LogP contribution is 2.33. The molecule has 7 heteroatoms. The summed E-state index contributed by atoms with van der Waals surface area (Å²) in [5.74, 6) is 0.949. The molecule has 7 nitrogen and oxygen atoms in total. The second-order valence-electron chi connectivity index (χ2n) is 8.74. The molecule has 2 heterocycles. The van der Waals surface area contributed by atoms with E-state index < -0.39 is 0 Å².